The third-order valence-corrected chi connectivity index (χ3v) is 7.13. The number of carbonyl (C=O) groups excluding carboxylic acids is 1. The Labute approximate surface area is 213 Å². The van der Waals surface area contributed by atoms with Crippen molar-refractivity contribution in [3.05, 3.63) is 102 Å². The van der Waals surface area contributed by atoms with Crippen LogP contribution >= 0.6 is 0 Å². The standard InChI is InChI=1S/C30H34N4O2/c1-24(33(20-25-10-4-2-5-11-25)21-26-12-6-3-7-13-26)22-36-30(35)32-18-16-27(17-19-32)34-23-31-28-14-8-9-15-29(28)34/h2-15,23-24,27H,16-22H2,1H3. The molecule has 0 bridgehead atoms. The summed E-state index contributed by atoms with van der Waals surface area (Å²) < 4.78 is 8.08. The van der Waals surface area contributed by atoms with Crippen LogP contribution in [-0.2, 0) is 17.8 Å². The van der Waals surface area contributed by atoms with Crippen LogP contribution in [0.5, 0.6) is 0 Å². The summed E-state index contributed by atoms with van der Waals surface area (Å²) in [7, 11) is 0. The summed E-state index contributed by atoms with van der Waals surface area (Å²) in [6, 6.07) is 29.6. The molecule has 1 aromatic heterocycles. The third-order valence-electron chi connectivity index (χ3n) is 7.13. The Kier molecular flexibility index (Phi) is 7.62. The SMILES string of the molecule is CC(COC(=O)N1CCC(n2cnc3ccccc32)CC1)N(Cc1ccccc1)Cc1ccccc1. The second kappa shape index (κ2) is 11.4. The molecule has 0 radical (unpaired) electrons. The van der Waals surface area contributed by atoms with Crippen molar-refractivity contribution in [1.29, 1.82) is 0 Å². The summed E-state index contributed by atoms with van der Waals surface area (Å²) in [6.07, 6.45) is 3.52. The number of ether oxygens (including phenoxy) is 1. The number of nitrogens with zero attached hydrogens (tertiary/aromatic N) is 4. The van der Waals surface area contributed by atoms with E-state index >= 15 is 0 Å². The fourth-order valence-electron chi connectivity index (χ4n) is 4.99. The molecule has 3 aromatic carbocycles. The number of hydrogen-bond donors (Lipinski definition) is 0. The first-order valence-corrected chi connectivity index (χ1v) is 12.8. The quantitative estimate of drug-likeness (QED) is 0.314. The molecule has 1 saturated heterocycles. The van der Waals surface area contributed by atoms with E-state index in [-0.39, 0.29) is 12.1 Å². The van der Waals surface area contributed by atoms with Crippen molar-refractivity contribution in [2.75, 3.05) is 19.7 Å². The molecule has 1 aliphatic rings. The zero-order valence-corrected chi connectivity index (χ0v) is 20.9. The second-order valence-electron chi connectivity index (χ2n) is 9.66. The third kappa shape index (κ3) is 5.77. The highest BCUT2D eigenvalue weighted by Crippen LogP contribution is 2.27. The molecule has 6 heteroatoms. The molecule has 5 rings (SSSR count). The van der Waals surface area contributed by atoms with Crippen LogP contribution in [-0.4, -0.2) is 51.2 Å². The molecule has 6 nitrogen and oxygen atoms in total. The van der Waals surface area contributed by atoms with E-state index < -0.39 is 0 Å². The first-order chi connectivity index (χ1) is 17.7. The van der Waals surface area contributed by atoms with Crippen molar-refractivity contribution in [2.24, 2.45) is 0 Å². The Hall–Kier alpha value is -3.64. The minimum Gasteiger partial charge on any atom is -0.448 e. The van der Waals surface area contributed by atoms with Gasteiger partial charge in [0.25, 0.3) is 0 Å². The number of hydrogen-bond acceptors (Lipinski definition) is 4. The normalized spacial score (nSPS) is 15.3. The van der Waals surface area contributed by atoms with Gasteiger partial charge < -0.3 is 14.2 Å². The molecule has 1 aliphatic heterocycles. The Morgan fingerprint density at radius 3 is 2.14 bits per heavy atom. The number of likely N-dealkylation sites (tertiary alicyclic amines) is 1. The van der Waals surface area contributed by atoms with Crippen molar-refractivity contribution in [1.82, 2.24) is 19.4 Å². The first kappa shape index (κ1) is 24.1. The number of para-hydroxylation sites is 2. The van der Waals surface area contributed by atoms with Crippen molar-refractivity contribution in [2.45, 2.75) is 44.9 Å². The Bertz CT molecular complexity index is 1210. The van der Waals surface area contributed by atoms with Gasteiger partial charge in [-0.15, -0.1) is 0 Å². The van der Waals surface area contributed by atoms with Crippen molar-refractivity contribution < 1.29 is 9.53 Å². The largest absolute Gasteiger partial charge is 0.448 e. The smallest absolute Gasteiger partial charge is 0.409 e. The highest BCUT2D eigenvalue weighted by molar-refractivity contribution is 5.75. The van der Waals surface area contributed by atoms with Gasteiger partial charge >= 0.3 is 6.09 Å². The molecule has 36 heavy (non-hydrogen) atoms. The Morgan fingerprint density at radius 2 is 1.50 bits per heavy atom. The summed E-state index contributed by atoms with van der Waals surface area (Å²) in [5.41, 5.74) is 4.68. The summed E-state index contributed by atoms with van der Waals surface area (Å²) in [6.45, 7) is 5.50. The van der Waals surface area contributed by atoms with E-state index in [1.165, 1.54) is 11.1 Å². The predicted molar refractivity (Wildman–Crippen MR) is 143 cm³/mol. The maximum Gasteiger partial charge on any atom is 0.409 e. The summed E-state index contributed by atoms with van der Waals surface area (Å²) in [4.78, 5) is 21.7. The highest BCUT2D eigenvalue weighted by atomic mass is 16.6. The van der Waals surface area contributed by atoms with Crippen LogP contribution in [0.4, 0.5) is 4.79 Å². The van der Waals surface area contributed by atoms with E-state index in [4.69, 9.17) is 4.74 Å². The molecule has 0 aliphatic carbocycles. The zero-order valence-electron chi connectivity index (χ0n) is 20.9. The van der Waals surface area contributed by atoms with Gasteiger partial charge in [0.05, 0.1) is 17.4 Å². The summed E-state index contributed by atoms with van der Waals surface area (Å²) in [5.74, 6) is 0. The van der Waals surface area contributed by atoms with E-state index in [0.717, 1.165) is 37.0 Å². The van der Waals surface area contributed by atoms with Crippen molar-refractivity contribution >= 4 is 17.1 Å². The Morgan fingerprint density at radius 1 is 0.917 bits per heavy atom. The zero-order chi connectivity index (χ0) is 24.7. The minimum absolute atomic E-state index is 0.0872. The molecular weight excluding hydrogens is 448 g/mol. The lowest BCUT2D eigenvalue weighted by Crippen LogP contribution is -2.42. The fourth-order valence-corrected chi connectivity index (χ4v) is 4.99. The van der Waals surface area contributed by atoms with E-state index in [0.29, 0.717) is 25.7 Å². The van der Waals surface area contributed by atoms with Crippen LogP contribution in [0.15, 0.2) is 91.3 Å². The van der Waals surface area contributed by atoms with Gasteiger partial charge in [-0.2, -0.15) is 0 Å². The molecule has 0 saturated carbocycles. The highest BCUT2D eigenvalue weighted by Gasteiger charge is 2.26. The van der Waals surface area contributed by atoms with Crippen LogP contribution < -0.4 is 0 Å². The van der Waals surface area contributed by atoms with Gasteiger partial charge in [0.2, 0.25) is 0 Å². The molecule has 0 spiro atoms. The van der Waals surface area contributed by atoms with Gasteiger partial charge in [-0.3, -0.25) is 4.90 Å². The topological polar surface area (TPSA) is 50.6 Å². The van der Waals surface area contributed by atoms with Crippen molar-refractivity contribution in [3.63, 3.8) is 0 Å². The average molecular weight is 483 g/mol. The molecule has 1 unspecified atom stereocenters. The summed E-state index contributed by atoms with van der Waals surface area (Å²) >= 11 is 0. The van der Waals surface area contributed by atoms with Gasteiger partial charge in [0, 0.05) is 38.3 Å². The number of aromatic nitrogens is 2. The fraction of sp³-hybridized carbons (Fsp3) is 0.333. The molecule has 2 heterocycles. The van der Waals surface area contributed by atoms with Gasteiger partial charge in [-0.1, -0.05) is 72.8 Å². The maximum atomic E-state index is 12.9. The number of carbonyl (C=O) groups is 1. The lowest BCUT2D eigenvalue weighted by molar-refractivity contribution is 0.0568. The monoisotopic (exact) mass is 482 g/mol. The summed E-state index contributed by atoms with van der Waals surface area (Å²) in [5, 5.41) is 0. The molecular formula is C30H34N4O2. The first-order valence-electron chi connectivity index (χ1n) is 12.8. The van der Waals surface area contributed by atoms with Crippen molar-refractivity contribution in [3.8, 4) is 0 Å². The van der Waals surface area contributed by atoms with Crippen LogP contribution in [0, 0.1) is 0 Å². The minimum atomic E-state index is -0.213. The van der Waals surface area contributed by atoms with E-state index in [9.17, 15) is 4.79 Å². The van der Waals surface area contributed by atoms with E-state index in [1.54, 1.807) is 0 Å². The number of fused-ring (bicyclic) bond motifs is 1. The average Bonchev–Trinajstić information content (AvgIpc) is 3.37. The Balaban J connectivity index is 1.16. The molecule has 1 fully saturated rings. The molecule has 0 N–H and O–H groups in total. The molecule has 1 amide bonds. The van der Waals surface area contributed by atoms with Gasteiger partial charge in [-0.05, 0) is 43.0 Å². The van der Waals surface area contributed by atoms with Gasteiger partial charge in [0.15, 0.2) is 0 Å². The van der Waals surface area contributed by atoms with Crippen LogP contribution in [0.2, 0.25) is 0 Å². The van der Waals surface area contributed by atoms with E-state index in [2.05, 4.69) is 76.0 Å². The number of piperidine rings is 1. The van der Waals surface area contributed by atoms with Crippen LogP contribution in [0.3, 0.4) is 0 Å². The number of amides is 1. The second-order valence-corrected chi connectivity index (χ2v) is 9.66. The molecule has 1 atom stereocenters. The van der Waals surface area contributed by atoms with Gasteiger partial charge in [0.1, 0.15) is 6.61 Å². The van der Waals surface area contributed by atoms with Gasteiger partial charge in [-0.25, -0.2) is 9.78 Å². The van der Waals surface area contributed by atoms with E-state index in [1.807, 2.05) is 41.6 Å². The number of rotatable bonds is 8. The number of imidazole rings is 1. The molecule has 186 valence electrons. The van der Waals surface area contributed by atoms with Crippen LogP contribution in [0.1, 0.15) is 36.9 Å². The predicted octanol–water partition coefficient (Wildman–Crippen LogP) is 5.90. The molecule has 4 aromatic rings. The lowest BCUT2D eigenvalue weighted by Gasteiger charge is -2.33. The number of benzene rings is 3. The van der Waals surface area contributed by atoms with Crippen LogP contribution in [0.25, 0.3) is 11.0 Å². The maximum absolute atomic E-state index is 12.9. The lowest BCUT2D eigenvalue weighted by atomic mass is 10.1.